The molecule has 1 aromatic heterocycles. The van der Waals surface area contributed by atoms with Crippen LogP contribution in [0.25, 0.3) is 11.1 Å². The number of nitrogens with zero attached hydrogens (tertiary/aromatic N) is 1. The topological polar surface area (TPSA) is 110 Å². The van der Waals surface area contributed by atoms with Gasteiger partial charge in [-0.15, -0.1) is 0 Å². The normalized spacial score (nSPS) is 12.9. The third-order valence-electron chi connectivity index (χ3n) is 2.20. The predicted molar refractivity (Wildman–Crippen MR) is 54.5 cm³/mol. The summed E-state index contributed by atoms with van der Waals surface area (Å²) in [6, 6.07) is 4.72. The maximum atomic E-state index is 10.7. The number of aliphatic hydroxyl groups excluding tert-OH is 1. The van der Waals surface area contributed by atoms with Crippen molar-refractivity contribution in [3.8, 4) is 0 Å². The van der Waals surface area contributed by atoms with E-state index < -0.39 is 12.1 Å². The van der Waals surface area contributed by atoms with Crippen LogP contribution in [0.4, 0.5) is 0 Å². The largest absolute Gasteiger partial charge is 0.479 e. The summed E-state index contributed by atoms with van der Waals surface area (Å²) in [7, 11) is 0. The van der Waals surface area contributed by atoms with E-state index in [4.69, 9.17) is 15.3 Å². The Hall–Kier alpha value is -1.92. The van der Waals surface area contributed by atoms with Gasteiger partial charge in [-0.25, -0.2) is 9.78 Å². The smallest absolute Gasteiger partial charge is 0.337 e. The van der Waals surface area contributed by atoms with Crippen molar-refractivity contribution in [3.05, 3.63) is 29.7 Å². The second kappa shape index (κ2) is 3.92. The van der Waals surface area contributed by atoms with Crippen LogP contribution in [0, 0.1) is 0 Å². The molecular weight excluding hydrogens is 212 g/mol. The molecule has 1 atom stereocenters. The van der Waals surface area contributed by atoms with Crippen molar-refractivity contribution in [1.82, 2.24) is 4.98 Å². The first-order chi connectivity index (χ1) is 7.63. The van der Waals surface area contributed by atoms with Gasteiger partial charge in [0.05, 0.1) is 6.54 Å². The second-order valence-electron chi connectivity index (χ2n) is 3.25. The van der Waals surface area contributed by atoms with Crippen LogP contribution in [0.3, 0.4) is 0 Å². The van der Waals surface area contributed by atoms with Crippen LogP contribution in [0.2, 0.25) is 0 Å². The van der Waals surface area contributed by atoms with E-state index in [-0.39, 0.29) is 12.1 Å². The summed E-state index contributed by atoms with van der Waals surface area (Å²) in [5.41, 5.74) is 6.31. The minimum Gasteiger partial charge on any atom is -0.479 e. The molecule has 0 aliphatic heterocycles. The Bertz CT molecular complexity index is 535. The molecule has 6 heteroatoms. The molecule has 4 N–H and O–H groups in total. The Kier molecular flexibility index (Phi) is 2.59. The fourth-order valence-corrected chi connectivity index (χ4v) is 1.46. The molecule has 16 heavy (non-hydrogen) atoms. The lowest BCUT2D eigenvalue weighted by molar-refractivity contribution is -0.146. The predicted octanol–water partition coefficient (Wildman–Crippen LogP) is 0.404. The molecule has 84 valence electrons. The van der Waals surface area contributed by atoms with E-state index in [9.17, 15) is 9.90 Å². The van der Waals surface area contributed by atoms with Crippen molar-refractivity contribution < 1.29 is 19.4 Å². The van der Waals surface area contributed by atoms with Gasteiger partial charge in [0, 0.05) is 5.56 Å². The van der Waals surface area contributed by atoms with Gasteiger partial charge in [-0.05, 0) is 6.07 Å². The third-order valence-corrected chi connectivity index (χ3v) is 2.20. The summed E-state index contributed by atoms with van der Waals surface area (Å²) in [6.45, 7) is 0.122. The zero-order valence-electron chi connectivity index (χ0n) is 8.25. The number of oxazole rings is 1. The number of para-hydroxylation sites is 1. The van der Waals surface area contributed by atoms with Gasteiger partial charge in [0.1, 0.15) is 5.52 Å². The van der Waals surface area contributed by atoms with E-state index in [1.54, 1.807) is 12.1 Å². The van der Waals surface area contributed by atoms with Crippen LogP contribution in [0.5, 0.6) is 0 Å². The number of rotatable bonds is 3. The lowest BCUT2D eigenvalue weighted by Crippen LogP contribution is -2.10. The molecular formula is C10H10N2O4. The lowest BCUT2D eigenvalue weighted by Gasteiger charge is -2.04. The van der Waals surface area contributed by atoms with E-state index in [2.05, 4.69) is 4.98 Å². The maximum Gasteiger partial charge on any atom is 0.337 e. The first-order valence-electron chi connectivity index (χ1n) is 4.62. The van der Waals surface area contributed by atoms with Gasteiger partial charge in [0.15, 0.2) is 11.7 Å². The molecule has 0 aliphatic carbocycles. The van der Waals surface area contributed by atoms with Crippen molar-refractivity contribution in [2.45, 2.75) is 12.6 Å². The Morgan fingerprint density at radius 1 is 1.56 bits per heavy atom. The highest BCUT2D eigenvalue weighted by Gasteiger charge is 2.20. The number of carboxylic acids is 1. The van der Waals surface area contributed by atoms with Crippen molar-refractivity contribution in [1.29, 1.82) is 0 Å². The number of aromatic nitrogens is 1. The Morgan fingerprint density at radius 3 is 2.94 bits per heavy atom. The highest BCUT2D eigenvalue weighted by atomic mass is 16.4. The number of hydrogen-bond donors (Lipinski definition) is 3. The number of carboxylic acid groups (broad SMARTS) is 1. The summed E-state index contributed by atoms with van der Waals surface area (Å²) >= 11 is 0. The van der Waals surface area contributed by atoms with Crippen molar-refractivity contribution in [2.24, 2.45) is 5.73 Å². The molecule has 0 amide bonds. The van der Waals surface area contributed by atoms with Crippen LogP contribution < -0.4 is 5.73 Å². The number of benzene rings is 1. The zero-order valence-corrected chi connectivity index (χ0v) is 8.25. The monoisotopic (exact) mass is 222 g/mol. The highest BCUT2D eigenvalue weighted by molar-refractivity contribution is 5.84. The van der Waals surface area contributed by atoms with Gasteiger partial charge < -0.3 is 20.4 Å². The van der Waals surface area contributed by atoms with Gasteiger partial charge in [0.2, 0.25) is 5.89 Å². The van der Waals surface area contributed by atoms with Gasteiger partial charge >= 0.3 is 5.97 Å². The van der Waals surface area contributed by atoms with Crippen LogP contribution in [-0.2, 0) is 11.3 Å². The van der Waals surface area contributed by atoms with E-state index >= 15 is 0 Å². The summed E-state index contributed by atoms with van der Waals surface area (Å²) < 4.78 is 5.25. The second-order valence-corrected chi connectivity index (χ2v) is 3.25. The molecule has 0 spiro atoms. The number of fused-ring (bicyclic) bond motifs is 1. The standard InChI is InChI=1S/C10H10N2O4/c11-4-7-12-8-5(9(13)10(14)15)2-1-3-6(8)16-7/h1-3,9,13H,4,11H2,(H,14,15). The van der Waals surface area contributed by atoms with E-state index in [0.717, 1.165) is 0 Å². The molecule has 0 radical (unpaired) electrons. The van der Waals surface area contributed by atoms with Crippen molar-refractivity contribution in [2.75, 3.05) is 0 Å². The lowest BCUT2D eigenvalue weighted by atomic mass is 10.1. The van der Waals surface area contributed by atoms with Crippen molar-refractivity contribution >= 4 is 17.1 Å². The fraction of sp³-hybridized carbons (Fsp3) is 0.200. The van der Waals surface area contributed by atoms with E-state index in [0.29, 0.717) is 17.0 Å². The Morgan fingerprint density at radius 2 is 2.31 bits per heavy atom. The van der Waals surface area contributed by atoms with Crippen LogP contribution in [-0.4, -0.2) is 21.2 Å². The number of carbonyl (C=O) groups is 1. The number of hydrogen-bond acceptors (Lipinski definition) is 5. The van der Waals surface area contributed by atoms with Crippen molar-refractivity contribution in [3.63, 3.8) is 0 Å². The van der Waals surface area contributed by atoms with Gasteiger partial charge in [0.25, 0.3) is 0 Å². The molecule has 1 heterocycles. The Labute approximate surface area is 90.3 Å². The van der Waals surface area contributed by atoms with E-state index in [1.807, 2.05) is 0 Å². The molecule has 0 bridgehead atoms. The van der Waals surface area contributed by atoms with Gasteiger partial charge in [-0.1, -0.05) is 12.1 Å². The molecule has 6 nitrogen and oxygen atoms in total. The number of nitrogens with two attached hydrogens (primary N) is 1. The summed E-state index contributed by atoms with van der Waals surface area (Å²) in [5.74, 6) is -1.02. The molecule has 2 aromatic rings. The quantitative estimate of drug-likeness (QED) is 0.693. The summed E-state index contributed by atoms with van der Waals surface area (Å²) in [5, 5.41) is 18.2. The molecule has 0 saturated carbocycles. The van der Waals surface area contributed by atoms with Crippen LogP contribution in [0.1, 0.15) is 17.6 Å². The molecule has 2 rings (SSSR count). The molecule has 0 aliphatic rings. The van der Waals surface area contributed by atoms with Gasteiger partial charge in [-0.2, -0.15) is 0 Å². The average Bonchev–Trinajstić information content (AvgIpc) is 2.70. The molecule has 0 fully saturated rings. The summed E-state index contributed by atoms with van der Waals surface area (Å²) in [4.78, 5) is 14.7. The van der Waals surface area contributed by atoms with Crippen LogP contribution >= 0.6 is 0 Å². The molecule has 0 saturated heterocycles. The molecule has 1 aromatic carbocycles. The summed E-state index contributed by atoms with van der Waals surface area (Å²) in [6.07, 6.45) is -1.61. The average molecular weight is 222 g/mol. The zero-order chi connectivity index (χ0) is 11.7. The maximum absolute atomic E-state index is 10.7. The third kappa shape index (κ3) is 1.64. The first kappa shape index (κ1) is 10.6. The first-order valence-corrected chi connectivity index (χ1v) is 4.62. The number of aliphatic carboxylic acids is 1. The minimum absolute atomic E-state index is 0.122. The number of aliphatic hydroxyl groups is 1. The van der Waals surface area contributed by atoms with Crippen LogP contribution in [0.15, 0.2) is 22.6 Å². The van der Waals surface area contributed by atoms with E-state index in [1.165, 1.54) is 6.07 Å². The minimum atomic E-state index is -1.61. The fourth-order valence-electron chi connectivity index (χ4n) is 1.46. The molecule has 1 unspecified atom stereocenters. The SMILES string of the molecule is NCc1nc2c(C(O)C(=O)O)cccc2o1. The van der Waals surface area contributed by atoms with Gasteiger partial charge in [-0.3, -0.25) is 0 Å². The Balaban J connectivity index is 2.60. The highest BCUT2D eigenvalue weighted by Crippen LogP contribution is 2.24.